The third-order valence-electron chi connectivity index (χ3n) is 3.38. The Bertz CT molecular complexity index is 191. The Morgan fingerprint density at radius 2 is 1.79 bits per heavy atom. The topological polar surface area (TPSA) is 26.0 Å². The molecule has 84 valence electrons. The summed E-state index contributed by atoms with van der Waals surface area (Å²) >= 11 is 0. The summed E-state index contributed by atoms with van der Waals surface area (Å²) in [5.74, 6) is 0.793. The van der Waals surface area contributed by atoms with Crippen LogP contribution in [-0.2, 0) is 0 Å². The first-order valence-electron chi connectivity index (χ1n) is 5.98. The van der Waals surface area contributed by atoms with Crippen molar-refractivity contribution in [2.45, 2.75) is 66.3 Å². The first-order chi connectivity index (χ1) is 6.22. The van der Waals surface area contributed by atoms with Crippen molar-refractivity contribution in [3.8, 4) is 0 Å². The fourth-order valence-corrected chi connectivity index (χ4v) is 3.86. The van der Waals surface area contributed by atoms with Gasteiger partial charge in [-0.15, -0.1) is 0 Å². The van der Waals surface area contributed by atoms with E-state index >= 15 is 0 Å². The van der Waals surface area contributed by atoms with E-state index in [1.165, 1.54) is 25.7 Å². The molecule has 14 heavy (non-hydrogen) atoms. The monoisotopic (exact) mass is 197 g/mol. The van der Waals surface area contributed by atoms with Crippen LogP contribution in [0.1, 0.15) is 60.3 Å². The standard InChI is InChI=1S/C13H27N/c1-10(2)6-13(5)8-11(14)7-12(3,4)9-13/h10-11H,6-9,14H2,1-5H3. The van der Waals surface area contributed by atoms with Crippen LogP contribution in [0.2, 0.25) is 0 Å². The number of rotatable bonds is 2. The van der Waals surface area contributed by atoms with Crippen LogP contribution in [0, 0.1) is 16.7 Å². The fourth-order valence-electron chi connectivity index (χ4n) is 3.86. The molecule has 0 spiro atoms. The average Bonchev–Trinajstić information content (AvgIpc) is 1.74. The quantitative estimate of drug-likeness (QED) is 0.719. The molecule has 1 saturated carbocycles. The molecule has 0 aromatic carbocycles. The lowest BCUT2D eigenvalue weighted by Gasteiger charge is -2.46. The molecule has 0 heterocycles. The molecule has 1 aliphatic carbocycles. The lowest BCUT2D eigenvalue weighted by atomic mass is 9.60. The summed E-state index contributed by atoms with van der Waals surface area (Å²) in [4.78, 5) is 0. The van der Waals surface area contributed by atoms with Gasteiger partial charge in [-0.2, -0.15) is 0 Å². The van der Waals surface area contributed by atoms with Crippen molar-refractivity contribution in [1.82, 2.24) is 0 Å². The van der Waals surface area contributed by atoms with Crippen LogP contribution < -0.4 is 5.73 Å². The van der Waals surface area contributed by atoms with Gasteiger partial charge in [0.15, 0.2) is 0 Å². The molecular weight excluding hydrogens is 170 g/mol. The van der Waals surface area contributed by atoms with Gasteiger partial charge in [-0.3, -0.25) is 0 Å². The van der Waals surface area contributed by atoms with Crippen LogP contribution in [0.3, 0.4) is 0 Å². The van der Waals surface area contributed by atoms with E-state index in [0.29, 0.717) is 16.9 Å². The number of hydrogen-bond donors (Lipinski definition) is 1. The molecule has 1 fully saturated rings. The Morgan fingerprint density at radius 3 is 2.21 bits per heavy atom. The van der Waals surface area contributed by atoms with Crippen molar-refractivity contribution < 1.29 is 0 Å². The van der Waals surface area contributed by atoms with Gasteiger partial charge in [0.25, 0.3) is 0 Å². The van der Waals surface area contributed by atoms with Crippen molar-refractivity contribution in [3.05, 3.63) is 0 Å². The van der Waals surface area contributed by atoms with E-state index in [0.717, 1.165) is 5.92 Å². The largest absolute Gasteiger partial charge is 0.328 e. The van der Waals surface area contributed by atoms with Gasteiger partial charge in [0.05, 0.1) is 0 Å². The van der Waals surface area contributed by atoms with Crippen molar-refractivity contribution >= 4 is 0 Å². The van der Waals surface area contributed by atoms with Gasteiger partial charge in [0, 0.05) is 6.04 Å². The first kappa shape index (κ1) is 12.0. The second kappa shape index (κ2) is 3.84. The van der Waals surface area contributed by atoms with Crippen LogP contribution in [-0.4, -0.2) is 6.04 Å². The predicted molar refractivity (Wildman–Crippen MR) is 63.2 cm³/mol. The van der Waals surface area contributed by atoms with Crippen LogP contribution in [0.5, 0.6) is 0 Å². The molecule has 2 unspecified atom stereocenters. The van der Waals surface area contributed by atoms with Gasteiger partial charge >= 0.3 is 0 Å². The Balaban J connectivity index is 2.68. The molecule has 1 rings (SSSR count). The van der Waals surface area contributed by atoms with E-state index in [2.05, 4.69) is 34.6 Å². The van der Waals surface area contributed by atoms with E-state index < -0.39 is 0 Å². The summed E-state index contributed by atoms with van der Waals surface area (Å²) in [6, 6.07) is 0.419. The highest BCUT2D eigenvalue weighted by atomic mass is 14.7. The summed E-state index contributed by atoms with van der Waals surface area (Å²) in [5.41, 5.74) is 7.09. The van der Waals surface area contributed by atoms with Crippen LogP contribution in [0.15, 0.2) is 0 Å². The second-order valence-electron chi connectivity index (χ2n) is 6.92. The molecule has 0 saturated heterocycles. The summed E-state index contributed by atoms with van der Waals surface area (Å²) < 4.78 is 0. The van der Waals surface area contributed by atoms with Gasteiger partial charge in [-0.05, 0) is 42.4 Å². The zero-order chi connectivity index (χ0) is 11.0. The minimum atomic E-state index is 0.419. The summed E-state index contributed by atoms with van der Waals surface area (Å²) in [6.45, 7) is 11.8. The van der Waals surface area contributed by atoms with Crippen molar-refractivity contribution in [2.75, 3.05) is 0 Å². The Kier molecular flexibility index (Phi) is 3.30. The highest BCUT2D eigenvalue weighted by molar-refractivity contribution is 4.93. The minimum absolute atomic E-state index is 0.419. The molecule has 1 aliphatic rings. The Morgan fingerprint density at radius 1 is 1.21 bits per heavy atom. The SMILES string of the molecule is CC(C)CC1(C)CC(N)CC(C)(C)C1. The summed E-state index contributed by atoms with van der Waals surface area (Å²) in [6.07, 6.45) is 5.07. The summed E-state index contributed by atoms with van der Waals surface area (Å²) in [7, 11) is 0. The number of nitrogens with two attached hydrogens (primary N) is 1. The van der Waals surface area contributed by atoms with Gasteiger partial charge in [0.2, 0.25) is 0 Å². The third-order valence-corrected chi connectivity index (χ3v) is 3.38. The molecule has 0 aliphatic heterocycles. The van der Waals surface area contributed by atoms with Gasteiger partial charge < -0.3 is 5.73 Å². The van der Waals surface area contributed by atoms with Crippen molar-refractivity contribution in [3.63, 3.8) is 0 Å². The lowest BCUT2D eigenvalue weighted by Crippen LogP contribution is -2.42. The van der Waals surface area contributed by atoms with E-state index in [1.807, 2.05) is 0 Å². The van der Waals surface area contributed by atoms with Crippen molar-refractivity contribution in [1.29, 1.82) is 0 Å². The highest BCUT2D eigenvalue weighted by Crippen LogP contribution is 2.48. The predicted octanol–water partition coefficient (Wildman–Crippen LogP) is 3.58. The zero-order valence-electron chi connectivity index (χ0n) is 10.6. The van der Waals surface area contributed by atoms with Gasteiger partial charge in [-0.1, -0.05) is 34.6 Å². The minimum Gasteiger partial charge on any atom is -0.328 e. The molecule has 0 aromatic heterocycles. The maximum Gasteiger partial charge on any atom is 0.00491 e. The molecule has 1 heteroatoms. The van der Waals surface area contributed by atoms with E-state index in [1.54, 1.807) is 0 Å². The Hall–Kier alpha value is -0.0400. The number of hydrogen-bond acceptors (Lipinski definition) is 1. The maximum atomic E-state index is 6.16. The summed E-state index contributed by atoms with van der Waals surface area (Å²) in [5, 5.41) is 0. The van der Waals surface area contributed by atoms with E-state index in [-0.39, 0.29) is 0 Å². The normalized spacial score (nSPS) is 37.5. The second-order valence-corrected chi connectivity index (χ2v) is 6.92. The molecular formula is C13H27N. The molecule has 1 nitrogen and oxygen atoms in total. The molecule has 0 amide bonds. The van der Waals surface area contributed by atoms with Crippen molar-refractivity contribution in [2.24, 2.45) is 22.5 Å². The van der Waals surface area contributed by atoms with Crippen LogP contribution in [0.25, 0.3) is 0 Å². The van der Waals surface area contributed by atoms with Crippen LogP contribution in [0.4, 0.5) is 0 Å². The Labute approximate surface area is 89.5 Å². The smallest absolute Gasteiger partial charge is 0.00491 e. The van der Waals surface area contributed by atoms with E-state index in [9.17, 15) is 0 Å². The maximum absolute atomic E-state index is 6.16. The first-order valence-corrected chi connectivity index (χ1v) is 5.98. The van der Waals surface area contributed by atoms with Gasteiger partial charge in [-0.25, -0.2) is 0 Å². The fraction of sp³-hybridized carbons (Fsp3) is 1.00. The molecule has 2 N–H and O–H groups in total. The molecule has 2 atom stereocenters. The van der Waals surface area contributed by atoms with E-state index in [4.69, 9.17) is 5.73 Å². The highest BCUT2D eigenvalue weighted by Gasteiger charge is 2.39. The van der Waals surface area contributed by atoms with Gasteiger partial charge in [0.1, 0.15) is 0 Å². The molecule has 0 radical (unpaired) electrons. The van der Waals surface area contributed by atoms with Crippen LogP contribution >= 0.6 is 0 Å². The lowest BCUT2D eigenvalue weighted by molar-refractivity contribution is 0.0653. The average molecular weight is 197 g/mol. The third kappa shape index (κ3) is 3.27. The zero-order valence-corrected chi connectivity index (χ0v) is 10.6. The molecule has 0 aromatic rings. The molecule has 0 bridgehead atoms.